The molecule has 18 heavy (non-hydrogen) atoms. The lowest BCUT2D eigenvalue weighted by molar-refractivity contribution is -0.137. The number of halogens is 4. The van der Waals surface area contributed by atoms with Crippen LogP contribution < -0.4 is 0 Å². The molecular weight excluding hydrogens is 313 g/mol. The van der Waals surface area contributed by atoms with E-state index in [1.807, 2.05) is 0 Å². The van der Waals surface area contributed by atoms with Crippen LogP contribution in [-0.2, 0) is 12.8 Å². The molecule has 2 rings (SSSR count). The van der Waals surface area contributed by atoms with Gasteiger partial charge in [0.05, 0.1) is 23.6 Å². The Balaban J connectivity index is 2.49. The third kappa shape index (κ3) is 2.56. The zero-order valence-electron chi connectivity index (χ0n) is 8.95. The van der Waals surface area contributed by atoms with Gasteiger partial charge >= 0.3 is 6.18 Å². The van der Waals surface area contributed by atoms with Crippen LogP contribution in [-0.4, -0.2) is 14.9 Å². The molecular formula is C11H8BrF3N2O. The van der Waals surface area contributed by atoms with Gasteiger partial charge in [0.15, 0.2) is 0 Å². The van der Waals surface area contributed by atoms with Gasteiger partial charge in [-0.05, 0) is 40.2 Å². The molecule has 3 nitrogen and oxygen atoms in total. The monoisotopic (exact) mass is 320 g/mol. The molecule has 0 aliphatic heterocycles. The van der Waals surface area contributed by atoms with Crippen molar-refractivity contribution in [2.45, 2.75) is 12.8 Å². The molecule has 0 saturated heterocycles. The highest BCUT2D eigenvalue weighted by Crippen LogP contribution is 2.33. The SMILES string of the molecule is OCc1ccn(-c2cc(C(F)(F)F)ccc2Br)n1. The molecule has 2 aromatic rings. The Morgan fingerprint density at radius 3 is 2.56 bits per heavy atom. The molecule has 0 spiro atoms. The van der Waals surface area contributed by atoms with Crippen LogP contribution in [0.15, 0.2) is 34.9 Å². The van der Waals surface area contributed by atoms with Gasteiger partial charge in [-0.2, -0.15) is 18.3 Å². The normalized spacial score (nSPS) is 11.8. The number of aliphatic hydroxyl groups excluding tert-OH is 1. The van der Waals surface area contributed by atoms with E-state index in [1.165, 1.54) is 23.0 Å². The van der Waals surface area contributed by atoms with Crippen molar-refractivity contribution in [2.24, 2.45) is 0 Å². The van der Waals surface area contributed by atoms with Crippen molar-refractivity contribution < 1.29 is 18.3 Å². The van der Waals surface area contributed by atoms with E-state index in [-0.39, 0.29) is 12.3 Å². The molecule has 0 unspecified atom stereocenters. The van der Waals surface area contributed by atoms with Gasteiger partial charge in [0.25, 0.3) is 0 Å². The summed E-state index contributed by atoms with van der Waals surface area (Å²) in [7, 11) is 0. The number of aromatic nitrogens is 2. The van der Waals surface area contributed by atoms with Crippen LogP contribution in [0.2, 0.25) is 0 Å². The summed E-state index contributed by atoms with van der Waals surface area (Å²) >= 11 is 3.17. The second-order valence-electron chi connectivity index (χ2n) is 3.57. The predicted molar refractivity (Wildman–Crippen MR) is 62.2 cm³/mol. The molecule has 1 heterocycles. The fraction of sp³-hybridized carbons (Fsp3) is 0.182. The van der Waals surface area contributed by atoms with E-state index in [2.05, 4.69) is 21.0 Å². The molecule has 0 bridgehead atoms. The van der Waals surface area contributed by atoms with Crippen molar-refractivity contribution in [3.8, 4) is 5.69 Å². The Labute approximate surface area is 109 Å². The van der Waals surface area contributed by atoms with Crippen molar-refractivity contribution in [2.75, 3.05) is 0 Å². The number of hydrogen-bond donors (Lipinski definition) is 1. The highest BCUT2D eigenvalue weighted by Gasteiger charge is 2.31. The van der Waals surface area contributed by atoms with Crippen molar-refractivity contribution in [3.63, 3.8) is 0 Å². The van der Waals surface area contributed by atoms with Crippen LogP contribution in [0, 0.1) is 0 Å². The molecule has 1 aromatic carbocycles. The molecule has 0 saturated carbocycles. The second kappa shape index (κ2) is 4.74. The van der Waals surface area contributed by atoms with Gasteiger partial charge < -0.3 is 5.11 Å². The number of nitrogens with zero attached hydrogens (tertiary/aromatic N) is 2. The molecule has 0 atom stereocenters. The van der Waals surface area contributed by atoms with Gasteiger partial charge in [-0.3, -0.25) is 0 Å². The second-order valence-corrected chi connectivity index (χ2v) is 4.43. The van der Waals surface area contributed by atoms with Crippen LogP contribution in [0.1, 0.15) is 11.3 Å². The quantitative estimate of drug-likeness (QED) is 0.923. The van der Waals surface area contributed by atoms with E-state index in [0.717, 1.165) is 12.1 Å². The van der Waals surface area contributed by atoms with Crippen molar-refractivity contribution in [3.05, 3.63) is 46.2 Å². The van der Waals surface area contributed by atoms with E-state index in [9.17, 15) is 13.2 Å². The molecule has 96 valence electrons. The highest BCUT2D eigenvalue weighted by molar-refractivity contribution is 9.10. The lowest BCUT2D eigenvalue weighted by Crippen LogP contribution is -2.07. The van der Waals surface area contributed by atoms with Gasteiger partial charge in [-0.25, -0.2) is 4.68 Å². The summed E-state index contributed by atoms with van der Waals surface area (Å²) in [5.74, 6) is 0. The maximum absolute atomic E-state index is 12.6. The van der Waals surface area contributed by atoms with Crippen LogP contribution in [0.5, 0.6) is 0 Å². The van der Waals surface area contributed by atoms with Gasteiger partial charge in [0, 0.05) is 10.7 Å². The highest BCUT2D eigenvalue weighted by atomic mass is 79.9. The molecule has 0 aliphatic rings. The van der Waals surface area contributed by atoms with Gasteiger partial charge in [0.2, 0.25) is 0 Å². The lowest BCUT2D eigenvalue weighted by Gasteiger charge is -2.10. The summed E-state index contributed by atoms with van der Waals surface area (Å²) in [6.07, 6.45) is -2.91. The first-order chi connectivity index (χ1) is 8.41. The third-order valence-electron chi connectivity index (χ3n) is 2.33. The average Bonchev–Trinajstić information content (AvgIpc) is 2.76. The minimum atomic E-state index is -4.40. The average molecular weight is 321 g/mol. The maximum atomic E-state index is 12.6. The molecule has 1 N–H and O–H groups in total. The zero-order chi connectivity index (χ0) is 13.3. The van der Waals surface area contributed by atoms with E-state index in [0.29, 0.717) is 10.2 Å². The molecule has 0 aliphatic carbocycles. The Bertz CT molecular complexity index is 566. The summed E-state index contributed by atoms with van der Waals surface area (Å²) in [6.45, 7) is -0.260. The van der Waals surface area contributed by atoms with Gasteiger partial charge in [-0.15, -0.1) is 0 Å². The standard InChI is InChI=1S/C11H8BrF3N2O/c12-9-2-1-7(11(13,14)15)5-10(9)17-4-3-8(6-18)16-17/h1-5,18H,6H2. The third-order valence-corrected chi connectivity index (χ3v) is 3.00. The summed E-state index contributed by atoms with van der Waals surface area (Å²) in [4.78, 5) is 0. The first-order valence-electron chi connectivity index (χ1n) is 4.94. The fourth-order valence-electron chi connectivity index (χ4n) is 1.44. The van der Waals surface area contributed by atoms with Crippen LogP contribution in [0.3, 0.4) is 0 Å². The minimum absolute atomic E-state index is 0.260. The zero-order valence-corrected chi connectivity index (χ0v) is 10.5. The van der Waals surface area contributed by atoms with Crippen LogP contribution in [0.25, 0.3) is 5.69 Å². The Kier molecular flexibility index (Phi) is 3.45. The smallest absolute Gasteiger partial charge is 0.390 e. The van der Waals surface area contributed by atoms with Gasteiger partial charge in [0.1, 0.15) is 0 Å². The number of hydrogen-bond acceptors (Lipinski definition) is 2. The lowest BCUT2D eigenvalue weighted by atomic mass is 10.2. The Morgan fingerprint density at radius 1 is 1.28 bits per heavy atom. The Morgan fingerprint density at radius 2 is 2.00 bits per heavy atom. The Hall–Kier alpha value is -1.34. The molecule has 0 amide bonds. The van der Waals surface area contributed by atoms with Crippen LogP contribution in [0.4, 0.5) is 13.2 Å². The minimum Gasteiger partial charge on any atom is -0.390 e. The van der Waals surface area contributed by atoms with Crippen molar-refractivity contribution in [1.29, 1.82) is 0 Å². The molecule has 1 aromatic heterocycles. The topological polar surface area (TPSA) is 38.0 Å². The molecule has 0 radical (unpaired) electrons. The van der Waals surface area contributed by atoms with E-state index >= 15 is 0 Å². The summed E-state index contributed by atoms with van der Waals surface area (Å²) < 4.78 is 39.6. The van der Waals surface area contributed by atoms with Gasteiger partial charge in [-0.1, -0.05) is 0 Å². The number of aliphatic hydroxyl groups is 1. The summed E-state index contributed by atoms with van der Waals surface area (Å²) in [5.41, 5.74) is -0.0921. The number of alkyl halides is 3. The first kappa shape index (κ1) is 13.1. The fourth-order valence-corrected chi connectivity index (χ4v) is 1.87. The van der Waals surface area contributed by atoms with E-state index in [1.54, 1.807) is 0 Å². The number of rotatable bonds is 2. The largest absolute Gasteiger partial charge is 0.416 e. The first-order valence-corrected chi connectivity index (χ1v) is 5.73. The van der Waals surface area contributed by atoms with Crippen molar-refractivity contribution in [1.82, 2.24) is 9.78 Å². The molecule has 0 fully saturated rings. The van der Waals surface area contributed by atoms with E-state index in [4.69, 9.17) is 5.11 Å². The predicted octanol–water partition coefficient (Wildman–Crippen LogP) is 3.15. The summed E-state index contributed by atoms with van der Waals surface area (Å²) in [6, 6.07) is 4.84. The van der Waals surface area contributed by atoms with E-state index < -0.39 is 11.7 Å². The van der Waals surface area contributed by atoms with Crippen molar-refractivity contribution >= 4 is 15.9 Å². The molecule has 7 heteroatoms. The summed E-state index contributed by atoms with van der Waals surface area (Å²) in [5, 5.41) is 12.8. The maximum Gasteiger partial charge on any atom is 0.416 e. The van der Waals surface area contributed by atoms with Crippen LogP contribution >= 0.6 is 15.9 Å². The number of benzene rings is 1.